The second kappa shape index (κ2) is 12.9. The maximum Gasteiger partial charge on any atom is 0.338 e. The third-order valence-corrected chi connectivity index (χ3v) is 9.29. The topological polar surface area (TPSA) is 69.9 Å². The van der Waals surface area contributed by atoms with E-state index in [0.29, 0.717) is 37.5 Å². The van der Waals surface area contributed by atoms with Crippen molar-refractivity contribution in [1.29, 1.82) is 0 Å². The minimum Gasteiger partial charge on any atom is -0.488 e. The normalized spacial score (nSPS) is 14.9. The van der Waals surface area contributed by atoms with Gasteiger partial charge in [0.2, 0.25) is 0 Å². The van der Waals surface area contributed by atoms with Crippen LogP contribution in [-0.4, -0.2) is 22.9 Å². The highest BCUT2D eigenvalue weighted by molar-refractivity contribution is 7.98. The fraction of sp³-hybridized carbons (Fsp3) is 0.194. The third kappa shape index (κ3) is 6.10. The fourth-order valence-corrected chi connectivity index (χ4v) is 6.85. The molecular weight excluding hydrogens is 608 g/mol. The van der Waals surface area contributed by atoms with Gasteiger partial charge in [-0.05, 0) is 73.7 Å². The second-order valence-electron chi connectivity index (χ2n) is 10.9. The van der Waals surface area contributed by atoms with Crippen LogP contribution in [0.25, 0.3) is 16.8 Å². The summed E-state index contributed by atoms with van der Waals surface area (Å²) in [6.07, 6.45) is 3.47. The van der Waals surface area contributed by atoms with E-state index in [1.54, 1.807) is 55.3 Å². The summed E-state index contributed by atoms with van der Waals surface area (Å²) in [5.74, 6) is -0.331. The average molecular weight is 639 g/mol. The van der Waals surface area contributed by atoms with Gasteiger partial charge in [0.25, 0.3) is 5.56 Å². The molecule has 0 saturated carbocycles. The van der Waals surface area contributed by atoms with E-state index < -0.39 is 12.0 Å². The number of hydrogen-bond donors (Lipinski definition) is 0. The van der Waals surface area contributed by atoms with E-state index in [4.69, 9.17) is 14.5 Å². The summed E-state index contributed by atoms with van der Waals surface area (Å²) in [4.78, 5) is 34.0. The van der Waals surface area contributed by atoms with Gasteiger partial charge in [-0.25, -0.2) is 14.2 Å². The van der Waals surface area contributed by atoms with Gasteiger partial charge in [0.1, 0.15) is 18.2 Å². The zero-order valence-corrected chi connectivity index (χ0v) is 26.9. The number of esters is 1. The molecule has 0 unspecified atom stereocenters. The number of hydrogen-bond acceptors (Lipinski definition) is 7. The summed E-state index contributed by atoms with van der Waals surface area (Å²) < 4.78 is 28.2. The van der Waals surface area contributed by atoms with Crippen molar-refractivity contribution in [2.45, 2.75) is 44.4 Å². The zero-order chi connectivity index (χ0) is 31.7. The first-order valence-corrected chi connectivity index (χ1v) is 16.5. The molecule has 4 aromatic carbocycles. The van der Waals surface area contributed by atoms with Crippen LogP contribution < -0.4 is 19.6 Å². The Hall–Kier alpha value is -4.47. The van der Waals surface area contributed by atoms with Gasteiger partial charge in [-0.15, -0.1) is 11.8 Å². The van der Waals surface area contributed by atoms with Crippen molar-refractivity contribution in [3.05, 3.63) is 138 Å². The van der Waals surface area contributed by atoms with E-state index in [1.165, 1.54) is 17.4 Å². The minimum absolute atomic E-state index is 0.0274. The Labute approximate surface area is 268 Å². The Bertz CT molecular complexity index is 2130. The molecule has 5 aromatic rings. The number of fused-ring (bicyclic) bond motifs is 2. The average Bonchev–Trinajstić information content (AvgIpc) is 3.34. The van der Waals surface area contributed by atoms with E-state index in [-0.39, 0.29) is 24.1 Å². The third-order valence-electron chi connectivity index (χ3n) is 7.56. The summed E-state index contributed by atoms with van der Waals surface area (Å²) in [5.41, 5.74) is 2.47. The van der Waals surface area contributed by atoms with Gasteiger partial charge >= 0.3 is 5.97 Å². The lowest BCUT2D eigenvalue weighted by Gasteiger charge is -2.25. The number of ether oxygens (including phenoxy) is 2. The van der Waals surface area contributed by atoms with Gasteiger partial charge in [-0.3, -0.25) is 9.36 Å². The lowest BCUT2D eigenvalue weighted by Crippen LogP contribution is -2.40. The van der Waals surface area contributed by atoms with E-state index in [1.807, 2.05) is 73.0 Å². The Morgan fingerprint density at radius 3 is 2.51 bits per heavy atom. The molecule has 9 heteroatoms. The molecule has 0 fully saturated rings. The molecule has 0 N–H and O–H groups in total. The van der Waals surface area contributed by atoms with Crippen LogP contribution in [0.5, 0.6) is 5.75 Å². The number of rotatable bonds is 8. The smallest absolute Gasteiger partial charge is 0.338 e. The van der Waals surface area contributed by atoms with Crippen LogP contribution in [0.15, 0.2) is 111 Å². The maximum atomic E-state index is 14.4. The molecule has 0 bridgehead atoms. The monoisotopic (exact) mass is 638 g/mol. The van der Waals surface area contributed by atoms with Crippen molar-refractivity contribution in [3.63, 3.8) is 0 Å². The van der Waals surface area contributed by atoms with Crippen LogP contribution in [0.1, 0.15) is 43.5 Å². The highest BCUT2D eigenvalue weighted by Crippen LogP contribution is 2.33. The van der Waals surface area contributed by atoms with Crippen molar-refractivity contribution >= 4 is 45.9 Å². The highest BCUT2D eigenvalue weighted by atomic mass is 32.2. The molecule has 1 aliphatic rings. The molecule has 45 heavy (non-hydrogen) atoms. The van der Waals surface area contributed by atoms with Crippen LogP contribution >= 0.6 is 23.1 Å². The minimum atomic E-state index is -0.713. The van der Waals surface area contributed by atoms with Crippen LogP contribution in [0.3, 0.4) is 0 Å². The lowest BCUT2D eigenvalue weighted by molar-refractivity contribution is -0.143. The number of thiazole rings is 1. The molecule has 0 amide bonds. The molecule has 228 valence electrons. The molecule has 1 atom stereocenters. The summed E-state index contributed by atoms with van der Waals surface area (Å²) in [5, 5.41) is 1.85. The molecule has 0 saturated heterocycles. The largest absolute Gasteiger partial charge is 0.488 e. The molecule has 6 nitrogen and oxygen atoms in total. The molecule has 1 aliphatic heterocycles. The zero-order valence-electron chi connectivity index (χ0n) is 25.2. The maximum absolute atomic E-state index is 14.4. The van der Waals surface area contributed by atoms with Crippen LogP contribution in [0.4, 0.5) is 4.39 Å². The lowest BCUT2D eigenvalue weighted by atomic mass is 9.96. The number of carbonyl (C=O) groups is 1. The Balaban J connectivity index is 1.52. The summed E-state index contributed by atoms with van der Waals surface area (Å²) in [6, 6.07) is 25.2. The Kier molecular flexibility index (Phi) is 8.74. The highest BCUT2D eigenvalue weighted by Gasteiger charge is 2.33. The van der Waals surface area contributed by atoms with E-state index in [0.717, 1.165) is 21.2 Å². The number of thioether (sulfide) groups is 1. The summed E-state index contributed by atoms with van der Waals surface area (Å²) >= 11 is 2.86. The molecule has 0 spiro atoms. The van der Waals surface area contributed by atoms with Crippen molar-refractivity contribution in [2.75, 3.05) is 6.26 Å². The standard InChI is InChI=1S/C36H31FN2O4S2/c1-21(2)43-35(41)32-22(3)38-36-39(33(32)24-13-16-26(44-4)17-14-24)34(40)31(45-36)19-28-27-11-7-5-9-23(27)15-18-30(28)42-20-25-10-6-8-12-29(25)37/h5-19,21,33H,20H2,1-4H3/b31-19-/t33-/m0/s1. The van der Waals surface area contributed by atoms with Gasteiger partial charge in [-0.1, -0.05) is 72.0 Å². The Morgan fingerprint density at radius 2 is 1.78 bits per heavy atom. The molecule has 2 heterocycles. The number of nitrogens with zero attached hydrogens (tertiary/aromatic N) is 2. The summed E-state index contributed by atoms with van der Waals surface area (Å²) in [7, 11) is 0. The van der Waals surface area contributed by atoms with Gasteiger partial charge in [-0.2, -0.15) is 0 Å². The van der Waals surface area contributed by atoms with Crippen LogP contribution in [0, 0.1) is 5.82 Å². The molecule has 0 aliphatic carbocycles. The number of carbonyl (C=O) groups excluding carboxylic acids is 1. The molecule has 1 aromatic heterocycles. The number of aromatic nitrogens is 1. The number of halogens is 1. The molecule has 0 radical (unpaired) electrons. The second-order valence-corrected chi connectivity index (χ2v) is 12.8. The first-order valence-electron chi connectivity index (χ1n) is 14.5. The van der Waals surface area contributed by atoms with Gasteiger partial charge in [0.15, 0.2) is 4.80 Å². The van der Waals surface area contributed by atoms with E-state index in [9.17, 15) is 14.0 Å². The van der Waals surface area contributed by atoms with E-state index >= 15 is 0 Å². The first kappa shape index (κ1) is 30.6. The van der Waals surface area contributed by atoms with Gasteiger partial charge in [0.05, 0.1) is 27.9 Å². The number of allylic oxidation sites excluding steroid dienone is 1. The molecule has 6 rings (SSSR count). The predicted octanol–water partition coefficient (Wildman–Crippen LogP) is 6.78. The van der Waals surface area contributed by atoms with Crippen molar-refractivity contribution in [3.8, 4) is 5.75 Å². The SMILES string of the molecule is CSc1ccc([C@H]2C(C(=O)OC(C)C)=C(C)N=c3s/c(=C\c4c(OCc5ccccc5F)ccc5ccccc45)c(=O)n32)cc1. The van der Waals surface area contributed by atoms with Crippen molar-refractivity contribution in [1.82, 2.24) is 4.57 Å². The quantitative estimate of drug-likeness (QED) is 0.139. The summed E-state index contributed by atoms with van der Waals surface area (Å²) in [6.45, 7) is 5.39. The van der Waals surface area contributed by atoms with Crippen LogP contribution in [-0.2, 0) is 16.1 Å². The van der Waals surface area contributed by atoms with Crippen molar-refractivity contribution in [2.24, 2.45) is 4.99 Å². The van der Waals surface area contributed by atoms with E-state index in [2.05, 4.69) is 0 Å². The van der Waals surface area contributed by atoms with Crippen LogP contribution in [0.2, 0.25) is 0 Å². The van der Waals surface area contributed by atoms with Gasteiger partial charge in [0, 0.05) is 16.0 Å². The predicted molar refractivity (Wildman–Crippen MR) is 178 cm³/mol. The first-order chi connectivity index (χ1) is 21.7. The van der Waals surface area contributed by atoms with Crippen molar-refractivity contribution < 1.29 is 18.7 Å². The molecular formula is C36H31FN2O4S2. The number of benzene rings is 4. The van der Waals surface area contributed by atoms with Gasteiger partial charge < -0.3 is 9.47 Å². The fourth-order valence-electron chi connectivity index (χ4n) is 5.41. The Morgan fingerprint density at radius 1 is 1.04 bits per heavy atom.